The Morgan fingerprint density at radius 1 is 1.29 bits per heavy atom. The molecule has 2 aliphatic rings. The van der Waals surface area contributed by atoms with Crippen LogP contribution in [-0.2, 0) is 63.5 Å². The minimum absolute atomic E-state index is 0.0982. The molecule has 0 saturated heterocycles. The van der Waals surface area contributed by atoms with Crippen molar-refractivity contribution in [3.05, 3.63) is 20.2 Å². The van der Waals surface area contributed by atoms with Gasteiger partial charge < -0.3 is 65.2 Å². The number of phosphoric acid groups is 1. The summed E-state index contributed by atoms with van der Waals surface area (Å²) in [5.41, 5.74) is 5.10. The summed E-state index contributed by atoms with van der Waals surface area (Å²) in [6, 6.07) is -0.658. The number of nitrogens with two attached hydrogens (primary N) is 1. The summed E-state index contributed by atoms with van der Waals surface area (Å²) in [7, 11) is -5.17. The Hall–Kier alpha value is -1.22. The van der Waals surface area contributed by atoms with Crippen molar-refractivity contribution in [2.75, 3.05) is 23.0 Å². The maximum absolute atomic E-state index is 11.9. The number of aromatic amines is 1. The summed E-state index contributed by atoms with van der Waals surface area (Å²) in [5, 5.41) is 5.71. The quantitative estimate of drug-likeness (QED) is 0.186. The van der Waals surface area contributed by atoms with Crippen LogP contribution < -0.4 is 35.5 Å². The van der Waals surface area contributed by atoms with E-state index in [9.17, 15) is 19.1 Å². The predicted molar refractivity (Wildman–Crippen MR) is 85.7 cm³/mol. The molecule has 0 amide bonds. The van der Waals surface area contributed by atoms with Crippen LogP contribution in [-0.4, -0.2) is 34.9 Å². The number of nitrogen functional groups attached to an aromatic ring is 1. The first-order valence-electron chi connectivity index (χ1n) is 6.98. The summed E-state index contributed by atoms with van der Waals surface area (Å²) in [6.45, 7) is -0.591. The number of nitrogens with one attached hydrogen (secondary N) is 3. The second kappa shape index (κ2) is 9.07. The third-order valence-corrected chi connectivity index (χ3v) is 4.88. The van der Waals surface area contributed by atoms with Crippen molar-refractivity contribution in [3.8, 4) is 0 Å². The van der Waals surface area contributed by atoms with Gasteiger partial charge in [0.2, 0.25) is 5.95 Å². The van der Waals surface area contributed by atoms with Gasteiger partial charge >= 0.3 is 28.2 Å². The maximum atomic E-state index is 11.9. The third-order valence-electron chi connectivity index (χ3n) is 3.33. The van der Waals surface area contributed by atoms with E-state index in [0.29, 0.717) is 0 Å². The molecular weight excluding hydrogens is 613 g/mol. The minimum atomic E-state index is -5.17. The van der Waals surface area contributed by atoms with E-state index >= 15 is 0 Å². The van der Waals surface area contributed by atoms with Crippen molar-refractivity contribution >= 4 is 50.5 Å². The molecule has 1 aromatic rings. The molecule has 0 bridgehead atoms. The Morgan fingerprint density at radius 3 is 2.46 bits per heavy atom. The van der Waals surface area contributed by atoms with Gasteiger partial charge in [-0.3, -0.25) is 9.78 Å². The molecule has 157 valence electrons. The molecule has 0 aromatic carbocycles. The average Bonchev–Trinajstić information content (AvgIpc) is 2.54. The third kappa shape index (κ3) is 5.89. The first-order chi connectivity index (χ1) is 12.9. The van der Waals surface area contributed by atoms with Gasteiger partial charge in [0.15, 0.2) is 12.0 Å². The number of anilines is 3. The van der Waals surface area contributed by atoms with Crippen molar-refractivity contribution in [1.82, 2.24) is 9.97 Å². The fraction of sp³-hybridized carbons (Fsp3) is 0.400. The first-order valence-corrected chi connectivity index (χ1v) is 12.9. The van der Waals surface area contributed by atoms with E-state index in [1.807, 2.05) is 0 Å². The van der Waals surface area contributed by atoms with Crippen LogP contribution >= 0.6 is 7.82 Å². The van der Waals surface area contributed by atoms with Crippen molar-refractivity contribution in [2.24, 2.45) is 0 Å². The Bertz CT molecular complexity index is 955. The molecule has 3 heterocycles. The van der Waals surface area contributed by atoms with Crippen molar-refractivity contribution in [2.45, 2.75) is 18.4 Å². The van der Waals surface area contributed by atoms with Crippen LogP contribution in [0.5, 0.6) is 0 Å². The molecule has 0 fully saturated rings. The first kappa shape index (κ1) is 23.1. The van der Waals surface area contributed by atoms with Gasteiger partial charge in [0.1, 0.15) is 5.69 Å². The fourth-order valence-electron chi connectivity index (χ4n) is 2.32. The summed E-state index contributed by atoms with van der Waals surface area (Å²) >= 11 is 6.10. The summed E-state index contributed by atoms with van der Waals surface area (Å²) in [6.07, 6.45) is -1.82. The molecule has 0 saturated carbocycles. The molecule has 0 aliphatic carbocycles. The molecule has 28 heavy (non-hydrogen) atoms. The van der Waals surface area contributed by atoms with Crippen LogP contribution in [0, 0.1) is 0 Å². The second-order valence-corrected chi connectivity index (χ2v) is 8.66. The molecule has 18 heteroatoms. The number of H-pyrrole nitrogens is 1. The van der Waals surface area contributed by atoms with Gasteiger partial charge in [-0.25, -0.2) is 0 Å². The standard InChI is InChI=1S/C10H14N5O6PS2.3O.W/c11-10-14-7-4(8(16)15-10)12-3-6(24)5(23)2(21-9(3)13-7)1-20-22(17,18)19;;;;/h2-3,9,12,23-24H,1H2,(H2,17,18,19)(H4,11,13,14,15,16);;;;/q;;;-1;/p-4/t2-,3+,9-;;;;/m1..../s1. The van der Waals surface area contributed by atoms with E-state index in [2.05, 4.69) is 25.1 Å². The number of rotatable bonds is 3. The van der Waals surface area contributed by atoms with Crippen molar-refractivity contribution < 1.29 is 51.8 Å². The van der Waals surface area contributed by atoms with Gasteiger partial charge in [-0.15, -0.1) is 0 Å². The Balaban J connectivity index is 0.000000640. The van der Waals surface area contributed by atoms with Gasteiger partial charge in [-0.1, -0.05) is 0 Å². The number of phosphoric ester groups is 1. The normalized spacial score (nSPS) is 23.3. The molecule has 1 aromatic heterocycles. The van der Waals surface area contributed by atoms with E-state index in [-0.39, 0.29) is 27.3 Å². The van der Waals surface area contributed by atoms with Crippen LogP contribution in [0.4, 0.5) is 17.5 Å². The van der Waals surface area contributed by atoms with Gasteiger partial charge in [0, 0.05) is 0 Å². The number of nitrogens with zero attached hydrogens (tertiary/aromatic N) is 1. The van der Waals surface area contributed by atoms with Crippen molar-refractivity contribution in [1.29, 1.82) is 0 Å². The number of hydrogen-bond acceptors (Lipinski definition) is 15. The molecule has 3 rings (SSSR count). The molecule has 2 aliphatic heterocycles. The zero-order valence-corrected chi connectivity index (χ0v) is 18.8. The van der Waals surface area contributed by atoms with E-state index in [1.165, 1.54) is 0 Å². The van der Waals surface area contributed by atoms with Gasteiger partial charge in [0.25, 0.3) is 5.56 Å². The molecule has 3 atom stereocenters. The summed E-state index contributed by atoms with van der Waals surface area (Å²) < 4.78 is 46.2. The predicted octanol–water partition coefficient (Wildman–Crippen LogP) is -4.00. The van der Waals surface area contributed by atoms with Crippen LogP contribution in [0.25, 0.3) is 0 Å². The molecule has 5 N–H and O–H groups in total. The van der Waals surface area contributed by atoms with E-state index < -0.39 is 56.0 Å². The monoisotopic (exact) mass is 623 g/mol. The number of ether oxygens (including phenoxy) is 1. The van der Waals surface area contributed by atoms with Gasteiger partial charge in [-0.2, -0.15) is 14.8 Å². The van der Waals surface area contributed by atoms with Crippen LogP contribution in [0.2, 0.25) is 0 Å². The Kier molecular flexibility index (Phi) is 7.47. The SMILES string of the molecule is Nc1nc2c(c(=O)[nH]1)N[C@H]1C([S-])=C([S-])[C@@H](COP(=O)([O-])[O-])O[C@H]1N2.[O]=[W](=[O])[O-]. The number of fused-ring (bicyclic) bond motifs is 2. The second-order valence-electron chi connectivity index (χ2n) is 5.16. The number of aromatic nitrogens is 2. The summed E-state index contributed by atoms with van der Waals surface area (Å²) in [4.78, 5) is 39.7. The average molecular weight is 623 g/mol. The zero-order valence-electron chi connectivity index (χ0n) is 13.3. The van der Waals surface area contributed by atoms with Crippen LogP contribution in [0.15, 0.2) is 14.6 Å². The fourth-order valence-corrected chi connectivity index (χ4v) is 3.20. The van der Waals surface area contributed by atoms with E-state index in [0.717, 1.165) is 0 Å². The zero-order chi connectivity index (χ0) is 21.2. The Labute approximate surface area is 173 Å². The summed E-state index contributed by atoms with van der Waals surface area (Å²) in [5.74, 6) is 0.0463. The molecule has 0 unspecified atom stereocenters. The number of hydrogen-bond donors (Lipinski definition) is 4. The molecular formula is C10H10N5O9PS2W-5. The molecule has 0 radical (unpaired) electrons. The van der Waals surface area contributed by atoms with Gasteiger partial charge in [0.05, 0.1) is 26.6 Å². The van der Waals surface area contributed by atoms with Crippen LogP contribution in [0.1, 0.15) is 0 Å². The van der Waals surface area contributed by atoms with Crippen molar-refractivity contribution in [3.63, 3.8) is 0 Å². The topological polar surface area (TPSA) is 235 Å². The molecule has 0 spiro atoms. The molecule has 14 nitrogen and oxygen atoms in total. The van der Waals surface area contributed by atoms with E-state index in [4.69, 9.17) is 46.3 Å². The van der Waals surface area contributed by atoms with Gasteiger partial charge in [-0.05, 0) is 0 Å². The Morgan fingerprint density at radius 2 is 1.89 bits per heavy atom. The van der Waals surface area contributed by atoms with Crippen LogP contribution in [0.3, 0.4) is 0 Å². The van der Waals surface area contributed by atoms with E-state index in [1.54, 1.807) is 0 Å².